The SMILES string of the molecule is CC(C)CC(NC(=O)c1cnc2ccccc2n1)C(=O)N[C@@H]1C(=O)CCCCN1S(=O)(=O)c1ccccc1F. The fraction of sp³-hybridized carbons (Fsp3) is 0.370. The summed E-state index contributed by atoms with van der Waals surface area (Å²) in [5.74, 6) is -2.89. The van der Waals surface area contributed by atoms with Crippen LogP contribution in [0.1, 0.15) is 50.0 Å². The second-order valence-corrected chi connectivity index (χ2v) is 11.6. The van der Waals surface area contributed by atoms with Gasteiger partial charge in [0.05, 0.1) is 17.2 Å². The van der Waals surface area contributed by atoms with Crippen LogP contribution in [0, 0.1) is 11.7 Å². The van der Waals surface area contributed by atoms with Gasteiger partial charge in [-0.05, 0) is 49.4 Å². The molecule has 0 aliphatic carbocycles. The quantitative estimate of drug-likeness (QED) is 0.436. The van der Waals surface area contributed by atoms with Crippen LogP contribution in [0.5, 0.6) is 0 Å². The number of carbonyl (C=O) groups is 3. The van der Waals surface area contributed by atoms with Gasteiger partial charge < -0.3 is 10.6 Å². The third kappa shape index (κ3) is 6.45. The van der Waals surface area contributed by atoms with E-state index in [0.29, 0.717) is 23.9 Å². The zero-order valence-corrected chi connectivity index (χ0v) is 22.4. The molecule has 0 radical (unpaired) electrons. The van der Waals surface area contributed by atoms with E-state index in [4.69, 9.17) is 0 Å². The molecule has 1 saturated heterocycles. The van der Waals surface area contributed by atoms with Gasteiger partial charge in [0.1, 0.15) is 22.4 Å². The highest BCUT2D eigenvalue weighted by molar-refractivity contribution is 7.89. The minimum Gasteiger partial charge on any atom is -0.339 e. The van der Waals surface area contributed by atoms with Crippen molar-refractivity contribution in [3.8, 4) is 0 Å². The van der Waals surface area contributed by atoms with Crippen LogP contribution in [0.4, 0.5) is 4.39 Å². The molecule has 1 aliphatic heterocycles. The minimum absolute atomic E-state index is 0.00422. The summed E-state index contributed by atoms with van der Waals surface area (Å²) in [6.07, 6.45) is 0.790. The minimum atomic E-state index is -4.46. The molecule has 0 bridgehead atoms. The molecule has 1 unspecified atom stereocenters. The summed E-state index contributed by atoms with van der Waals surface area (Å²) in [5, 5.41) is 5.18. The van der Waals surface area contributed by atoms with Crippen LogP contribution in [0.25, 0.3) is 11.0 Å². The topological polar surface area (TPSA) is 138 Å². The van der Waals surface area contributed by atoms with Gasteiger partial charge >= 0.3 is 0 Å². The first-order valence-corrected chi connectivity index (χ1v) is 14.1. The zero-order chi connectivity index (χ0) is 28.2. The Morgan fingerprint density at radius 1 is 1.08 bits per heavy atom. The highest BCUT2D eigenvalue weighted by Crippen LogP contribution is 2.24. The van der Waals surface area contributed by atoms with Crippen LogP contribution < -0.4 is 10.6 Å². The van der Waals surface area contributed by atoms with Crippen molar-refractivity contribution in [2.75, 3.05) is 6.54 Å². The molecular weight excluding hydrogens is 525 g/mol. The summed E-state index contributed by atoms with van der Waals surface area (Å²) < 4.78 is 42.1. The van der Waals surface area contributed by atoms with Gasteiger partial charge in [0.2, 0.25) is 15.9 Å². The number of nitrogens with zero attached hydrogens (tertiary/aromatic N) is 3. The summed E-state index contributed by atoms with van der Waals surface area (Å²) in [4.78, 5) is 47.5. The molecule has 4 rings (SSSR count). The van der Waals surface area contributed by atoms with Gasteiger partial charge in [-0.1, -0.05) is 38.1 Å². The molecule has 0 saturated carbocycles. The van der Waals surface area contributed by atoms with Crippen molar-refractivity contribution in [3.05, 3.63) is 66.2 Å². The molecule has 39 heavy (non-hydrogen) atoms. The van der Waals surface area contributed by atoms with Gasteiger partial charge in [-0.15, -0.1) is 0 Å². The molecule has 0 spiro atoms. The molecule has 2 heterocycles. The summed E-state index contributed by atoms with van der Waals surface area (Å²) in [7, 11) is -4.46. The van der Waals surface area contributed by atoms with E-state index in [-0.39, 0.29) is 31.0 Å². The maximum absolute atomic E-state index is 14.5. The standard InChI is InChI=1S/C27H30FN5O5S/c1-17(2)15-21(31-27(36)22-16-29-19-10-4-5-11-20(19)30-22)26(35)32-25-23(34)12-7-8-14-33(25)39(37,38)24-13-6-3-9-18(24)28/h3-6,9-11,13,16-17,21,25H,7-8,12,14-15H2,1-2H3,(H,31,36)(H,32,35)/t21?,25-/m0/s1. The monoisotopic (exact) mass is 555 g/mol. The molecule has 2 amide bonds. The number of sulfonamides is 1. The number of para-hydroxylation sites is 2. The van der Waals surface area contributed by atoms with Gasteiger partial charge in [0.15, 0.2) is 11.9 Å². The van der Waals surface area contributed by atoms with Crippen molar-refractivity contribution in [3.63, 3.8) is 0 Å². The van der Waals surface area contributed by atoms with E-state index in [1.54, 1.807) is 24.3 Å². The van der Waals surface area contributed by atoms with Gasteiger partial charge in [0, 0.05) is 13.0 Å². The van der Waals surface area contributed by atoms with Gasteiger partial charge in [-0.25, -0.2) is 17.8 Å². The van der Waals surface area contributed by atoms with Crippen LogP contribution in [0.15, 0.2) is 59.6 Å². The molecule has 1 aromatic heterocycles. The van der Waals surface area contributed by atoms with E-state index < -0.39 is 50.5 Å². The summed E-state index contributed by atoms with van der Waals surface area (Å²) in [6.45, 7) is 3.63. The number of nitrogens with one attached hydrogen (secondary N) is 2. The Hall–Kier alpha value is -3.77. The molecule has 2 N–H and O–H groups in total. The van der Waals surface area contributed by atoms with Gasteiger partial charge in [-0.3, -0.25) is 19.4 Å². The lowest BCUT2D eigenvalue weighted by Crippen LogP contribution is -2.58. The smallest absolute Gasteiger partial charge is 0.272 e. The number of rotatable bonds is 8. The van der Waals surface area contributed by atoms with Crippen molar-refractivity contribution in [1.29, 1.82) is 0 Å². The predicted molar refractivity (Wildman–Crippen MR) is 141 cm³/mol. The number of carbonyl (C=O) groups excluding carboxylic acids is 3. The fourth-order valence-electron chi connectivity index (χ4n) is 4.42. The molecule has 206 valence electrons. The van der Waals surface area contributed by atoms with Crippen molar-refractivity contribution in [1.82, 2.24) is 24.9 Å². The number of hydrogen-bond acceptors (Lipinski definition) is 7. The fourth-order valence-corrected chi connectivity index (χ4v) is 6.06. The molecule has 10 nitrogen and oxygen atoms in total. The Kier molecular flexibility index (Phi) is 8.66. The van der Waals surface area contributed by atoms with E-state index in [1.807, 2.05) is 13.8 Å². The molecule has 2 aromatic carbocycles. The number of hydrogen-bond donors (Lipinski definition) is 2. The summed E-state index contributed by atoms with van der Waals surface area (Å²) in [5.41, 5.74) is 1.12. The van der Waals surface area contributed by atoms with E-state index >= 15 is 0 Å². The number of ketones is 1. The second-order valence-electron chi connectivity index (χ2n) is 9.78. The summed E-state index contributed by atoms with van der Waals surface area (Å²) in [6, 6.07) is 10.8. The van der Waals surface area contributed by atoms with Gasteiger partial charge in [0.25, 0.3) is 5.91 Å². The second kappa shape index (κ2) is 12.0. The van der Waals surface area contributed by atoms with Crippen LogP contribution in [0.2, 0.25) is 0 Å². The van der Waals surface area contributed by atoms with E-state index in [9.17, 15) is 27.2 Å². The molecule has 2 atom stereocenters. The number of aromatic nitrogens is 2. The Bertz CT molecular complexity index is 1500. The Balaban J connectivity index is 1.59. The highest BCUT2D eigenvalue weighted by atomic mass is 32.2. The van der Waals surface area contributed by atoms with Crippen molar-refractivity contribution >= 4 is 38.7 Å². The number of amides is 2. The zero-order valence-electron chi connectivity index (χ0n) is 21.6. The lowest BCUT2D eigenvalue weighted by Gasteiger charge is -2.30. The lowest BCUT2D eigenvalue weighted by molar-refractivity contribution is -0.131. The number of benzene rings is 2. The molecule has 1 fully saturated rings. The van der Waals surface area contributed by atoms with Crippen LogP contribution in [0.3, 0.4) is 0 Å². The average Bonchev–Trinajstić information content (AvgIpc) is 3.09. The van der Waals surface area contributed by atoms with Crippen molar-refractivity contribution < 1.29 is 27.2 Å². The Labute approximate surface area is 226 Å². The van der Waals surface area contributed by atoms with E-state index in [0.717, 1.165) is 16.4 Å². The maximum Gasteiger partial charge on any atom is 0.272 e. The van der Waals surface area contributed by atoms with Crippen LogP contribution in [-0.2, 0) is 19.6 Å². The van der Waals surface area contributed by atoms with Crippen molar-refractivity contribution in [2.24, 2.45) is 5.92 Å². The third-order valence-electron chi connectivity index (χ3n) is 6.36. The highest BCUT2D eigenvalue weighted by Gasteiger charge is 2.40. The molecular formula is C27H30FN5O5S. The Morgan fingerprint density at radius 3 is 2.49 bits per heavy atom. The lowest BCUT2D eigenvalue weighted by atomic mass is 10.0. The number of Topliss-reactive ketones (excluding diaryl/α,β-unsaturated/α-hetero) is 1. The van der Waals surface area contributed by atoms with Gasteiger partial charge in [-0.2, -0.15) is 4.31 Å². The van der Waals surface area contributed by atoms with Crippen LogP contribution in [-0.4, -0.2) is 59.0 Å². The molecule has 1 aliphatic rings. The maximum atomic E-state index is 14.5. The van der Waals surface area contributed by atoms with Crippen LogP contribution >= 0.6 is 0 Å². The number of fused-ring (bicyclic) bond motifs is 1. The first-order chi connectivity index (χ1) is 18.6. The number of halogens is 1. The van der Waals surface area contributed by atoms with Crippen molar-refractivity contribution in [2.45, 2.75) is 56.6 Å². The van der Waals surface area contributed by atoms with E-state index in [2.05, 4.69) is 20.6 Å². The Morgan fingerprint density at radius 2 is 1.77 bits per heavy atom. The third-order valence-corrected chi connectivity index (χ3v) is 8.25. The molecule has 3 aromatic rings. The predicted octanol–water partition coefficient (Wildman–Crippen LogP) is 2.80. The average molecular weight is 556 g/mol. The summed E-state index contributed by atoms with van der Waals surface area (Å²) >= 11 is 0. The largest absolute Gasteiger partial charge is 0.339 e. The molecule has 12 heteroatoms. The normalized spacial score (nSPS) is 17.5. The first kappa shape index (κ1) is 28.2. The van der Waals surface area contributed by atoms with E-state index in [1.165, 1.54) is 18.3 Å². The first-order valence-electron chi connectivity index (χ1n) is 12.7.